The number of rotatable bonds is 20. The molecule has 0 saturated heterocycles. The van der Waals surface area contributed by atoms with Gasteiger partial charge in [-0.15, -0.1) is 0 Å². The number of hydrogen-bond donors (Lipinski definition) is 5. The normalized spacial score (nSPS) is 10.9. The molecule has 5 aromatic rings. The average Bonchev–Trinajstić information content (AvgIpc) is 3.51. The Bertz CT molecular complexity index is 1670. The van der Waals surface area contributed by atoms with Crippen LogP contribution >= 0.6 is 0 Å². The number of benzene rings is 3. The Morgan fingerprint density at radius 1 is 0.702 bits per heavy atom. The molecule has 0 spiro atoms. The highest BCUT2D eigenvalue weighted by atomic mass is 16.5. The van der Waals surface area contributed by atoms with E-state index in [4.69, 9.17) is 14.2 Å². The van der Waals surface area contributed by atoms with Crippen molar-refractivity contribution >= 4 is 34.7 Å². The molecule has 0 aliphatic carbocycles. The zero-order chi connectivity index (χ0) is 32.5. The van der Waals surface area contributed by atoms with Crippen LogP contribution in [0.5, 0.6) is 5.75 Å². The Hall–Kier alpha value is -5.20. The van der Waals surface area contributed by atoms with E-state index in [1.807, 2.05) is 60.8 Å². The van der Waals surface area contributed by atoms with E-state index in [2.05, 4.69) is 53.3 Å². The van der Waals surface area contributed by atoms with Gasteiger partial charge >= 0.3 is 0 Å². The summed E-state index contributed by atoms with van der Waals surface area (Å²) in [5, 5.41) is 13.9. The Kier molecular flexibility index (Phi) is 12.8. The number of nitrogens with zero attached hydrogens (tertiary/aromatic N) is 3. The fourth-order valence-corrected chi connectivity index (χ4v) is 4.86. The van der Waals surface area contributed by atoms with Gasteiger partial charge in [0.05, 0.1) is 33.5 Å². The number of carbonyl (C=O) groups excluding carboxylic acids is 1. The molecule has 0 fully saturated rings. The van der Waals surface area contributed by atoms with Crippen LogP contribution in [0, 0.1) is 0 Å². The molecule has 0 bridgehead atoms. The number of aromatic amines is 1. The van der Waals surface area contributed by atoms with Crippen LogP contribution in [0.25, 0.3) is 10.9 Å². The molecule has 0 radical (unpaired) electrons. The number of fused-ring (bicyclic) bond motifs is 1. The third-order valence-electron chi connectivity index (χ3n) is 7.30. The number of H-pyrrole nitrogens is 1. The summed E-state index contributed by atoms with van der Waals surface area (Å²) in [5.74, 6) is 2.14. The summed E-state index contributed by atoms with van der Waals surface area (Å²) in [4.78, 5) is 29.1. The molecule has 0 aliphatic rings. The summed E-state index contributed by atoms with van der Waals surface area (Å²) in [5.41, 5.74) is 4.11. The van der Waals surface area contributed by atoms with Gasteiger partial charge in [0.1, 0.15) is 5.75 Å². The zero-order valence-electron chi connectivity index (χ0n) is 26.6. The summed E-state index contributed by atoms with van der Waals surface area (Å²) in [6, 6.07) is 25.4. The highest BCUT2D eigenvalue weighted by molar-refractivity contribution is 5.94. The number of hydrogen-bond acceptors (Lipinski definition) is 10. The lowest BCUT2D eigenvalue weighted by molar-refractivity contribution is 0.0519. The van der Waals surface area contributed by atoms with Crippen LogP contribution in [0.1, 0.15) is 21.5 Å². The summed E-state index contributed by atoms with van der Waals surface area (Å²) in [6.07, 6.45) is 3.64. The first-order chi connectivity index (χ1) is 23.2. The third kappa shape index (κ3) is 10.7. The lowest BCUT2D eigenvalue weighted by Gasteiger charge is -2.12. The highest BCUT2D eigenvalue weighted by Crippen LogP contribution is 2.24. The second-order valence-electron chi connectivity index (χ2n) is 10.6. The topological polar surface area (TPSA) is 147 Å². The monoisotopic (exact) mass is 638 g/mol. The van der Waals surface area contributed by atoms with Gasteiger partial charge in [-0.25, -0.2) is 0 Å². The van der Waals surface area contributed by atoms with Gasteiger partial charge in [-0.05, 0) is 54.3 Å². The Morgan fingerprint density at radius 3 is 2.00 bits per heavy atom. The molecule has 5 N–H and O–H groups in total. The number of aromatic nitrogens is 4. The molecule has 0 aliphatic heterocycles. The van der Waals surface area contributed by atoms with Crippen LogP contribution in [0.4, 0.5) is 17.8 Å². The maximum atomic E-state index is 12.1. The first-order valence-electron chi connectivity index (χ1n) is 15.8. The van der Waals surface area contributed by atoms with E-state index in [1.54, 1.807) is 19.2 Å². The molecule has 0 atom stereocenters. The van der Waals surface area contributed by atoms with Crippen molar-refractivity contribution in [2.24, 2.45) is 0 Å². The molecular weight excluding hydrogens is 596 g/mol. The predicted molar refractivity (Wildman–Crippen MR) is 184 cm³/mol. The van der Waals surface area contributed by atoms with Crippen LogP contribution in [-0.2, 0) is 22.3 Å². The minimum Gasteiger partial charge on any atom is -0.497 e. The lowest BCUT2D eigenvalue weighted by Crippen LogP contribution is -2.27. The third-order valence-corrected chi connectivity index (χ3v) is 7.30. The van der Waals surface area contributed by atoms with Gasteiger partial charge < -0.3 is 40.5 Å². The largest absolute Gasteiger partial charge is 0.497 e. The Morgan fingerprint density at radius 2 is 1.32 bits per heavy atom. The molecule has 47 heavy (non-hydrogen) atoms. The SMILES string of the molecule is COc1ccc2[nH]cc(CCNc3nc(NCCOCCOCCNC(=O)c4ccccc4)nc(NCCc4ccccc4)n3)c2c1. The second kappa shape index (κ2) is 18.1. The smallest absolute Gasteiger partial charge is 0.251 e. The molecule has 246 valence electrons. The first-order valence-corrected chi connectivity index (χ1v) is 15.8. The van der Waals surface area contributed by atoms with Crippen LogP contribution in [0.3, 0.4) is 0 Å². The number of nitrogens with one attached hydrogen (secondary N) is 5. The van der Waals surface area contributed by atoms with Crippen molar-refractivity contribution in [3.8, 4) is 5.75 Å². The van der Waals surface area contributed by atoms with Crippen LogP contribution < -0.4 is 26.0 Å². The molecule has 3 aromatic carbocycles. The minimum absolute atomic E-state index is 0.113. The van der Waals surface area contributed by atoms with E-state index in [0.717, 1.165) is 29.5 Å². The number of carbonyl (C=O) groups is 1. The highest BCUT2D eigenvalue weighted by Gasteiger charge is 2.09. The molecule has 2 heterocycles. The van der Waals surface area contributed by atoms with Crippen molar-refractivity contribution in [3.63, 3.8) is 0 Å². The van der Waals surface area contributed by atoms with Gasteiger partial charge in [0.2, 0.25) is 17.8 Å². The van der Waals surface area contributed by atoms with Crippen LogP contribution in [0.15, 0.2) is 85.1 Å². The van der Waals surface area contributed by atoms with Gasteiger partial charge in [-0.2, -0.15) is 15.0 Å². The van der Waals surface area contributed by atoms with Crippen LogP contribution in [-0.4, -0.2) is 85.6 Å². The van der Waals surface area contributed by atoms with E-state index in [1.165, 1.54) is 11.1 Å². The molecule has 5 rings (SSSR count). The molecule has 0 saturated carbocycles. The van der Waals surface area contributed by atoms with Gasteiger partial charge in [0.25, 0.3) is 5.91 Å². The maximum Gasteiger partial charge on any atom is 0.251 e. The second-order valence-corrected chi connectivity index (χ2v) is 10.6. The van der Waals surface area contributed by atoms with Crippen molar-refractivity contribution in [1.82, 2.24) is 25.3 Å². The number of amides is 1. The van der Waals surface area contributed by atoms with Crippen molar-refractivity contribution in [2.75, 3.05) is 75.7 Å². The van der Waals surface area contributed by atoms with Crippen LogP contribution in [0.2, 0.25) is 0 Å². The summed E-state index contributed by atoms with van der Waals surface area (Å²) < 4.78 is 16.7. The first kappa shape index (κ1) is 33.2. The van der Waals surface area contributed by atoms with Crippen molar-refractivity contribution in [1.29, 1.82) is 0 Å². The summed E-state index contributed by atoms with van der Waals surface area (Å²) >= 11 is 0. The number of anilines is 3. The van der Waals surface area contributed by atoms with Gasteiger partial charge in [0.15, 0.2) is 0 Å². The van der Waals surface area contributed by atoms with E-state index in [-0.39, 0.29) is 5.91 Å². The number of ether oxygens (including phenoxy) is 3. The van der Waals surface area contributed by atoms with Crippen molar-refractivity contribution in [3.05, 3.63) is 102 Å². The molecule has 12 nitrogen and oxygen atoms in total. The Balaban J connectivity index is 1.06. The molecule has 1 amide bonds. The molecule has 2 aromatic heterocycles. The van der Waals surface area contributed by atoms with E-state index < -0.39 is 0 Å². The van der Waals surface area contributed by atoms with E-state index >= 15 is 0 Å². The van der Waals surface area contributed by atoms with E-state index in [0.29, 0.717) is 76.0 Å². The van der Waals surface area contributed by atoms with Gasteiger partial charge in [-0.1, -0.05) is 48.5 Å². The van der Waals surface area contributed by atoms with Gasteiger partial charge in [-0.3, -0.25) is 4.79 Å². The molecule has 12 heteroatoms. The quantitative estimate of drug-likeness (QED) is 0.0770. The fourth-order valence-electron chi connectivity index (χ4n) is 4.86. The van der Waals surface area contributed by atoms with Crippen molar-refractivity contribution in [2.45, 2.75) is 12.8 Å². The standard InChI is InChI=1S/C35H42N8O4/c1-45-29-12-13-31-30(24-29)28(25-40-31)15-17-38-34-41-33(37-16-14-26-8-4-2-5-9-26)42-35(43-34)39-19-21-47-23-22-46-20-18-36-32(44)27-10-6-3-7-11-27/h2-13,24-25,40H,14-23H2,1H3,(H,36,44)(H3,37,38,39,41,42,43). The molecule has 0 unspecified atom stereocenters. The summed E-state index contributed by atoms with van der Waals surface area (Å²) in [6.45, 7) is 3.99. The predicted octanol–water partition coefficient (Wildman–Crippen LogP) is 4.55. The fraction of sp³-hybridized carbons (Fsp3) is 0.314. The average molecular weight is 639 g/mol. The minimum atomic E-state index is -0.113. The summed E-state index contributed by atoms with van der Waals surface area (Å²) in [7, 11) is 1.67. The zero-order valence-corrected chi connectivity index (χ0v) is 26.6. The van der Waals surface area contributed by atoms with Gasteiger partial charge in [0, 0.05) is 48.8 Å². The van der Waals surface area contributed by atoms with Crippen molar-refractivity contribution < 1.29 is 19.0 Å². The molecular formula is C35H42N8O4. The maximum absolute atomic E-state index is 12.1. The number of methoxy groups -OCH3 is 1. The Labute approximate surface area is 274 Å². The lowest BCUT2D eigenvalue weighted by atomic mass is 10.1. The van der Waals surface area contributed by atoms with E-state index in [9.17, 15) is 4.79 Å².